The Labute approximate surface area is 121 Å². The molecule has 4 heteroatoms. The van der Waals surface area contributed by atoms with Crippen molar-refractivity contribution in [3.8, 4) is 0 Å². The molecule has 0 aliphatic heterocycles. The molecule has 0 bridgehead atoms. The van der Waals surface area contributed by atoms with E-state index in [1.165, 1.54) is 57.8 Å². The zero-order valence-corrected chi connectivity index (χ0v) is 12.6. The van der Waals surface area contributed by atoms with E-state index >= 15 is 0 Å². The number of rotatable bonds is 2. The summed E-state index contributed by atoms with van der Waals surface area (Å²) in [7, 11) is 0. The zero-order valence-electron chi connectivity index (χ0n) is 11.1. The van der Waals surface area contributed by atoms with Crippen molar-refractivity contribution in [1.82, 2.24) is 5.32 Å². The van der Waals surface area contributed by atoms with E-state index in [0.717, 1.165) is 12.8 Å². The lowest BCUT2D eigenvalue weighted by molar-refractivity contribution is -0.120. The average Bonchev–Trinajstić information content (AvgIpc) is 2.32. The van der Waals surface area contributed by atoms with Gasteiger partial charge in [0, 0.05) is 6.04 Å². The Kier molecular flexibility index (Phi) is 8.87. The molecule has 1 N–H and O–H groups in total. The van der Waals surface area contributed by atoms with Gasteiger partial charge in [-0.2, -0.15) is 0 Å². The van der Waals surface area contributed by atoms with Crippen molar-refractivity contribution in [3.05, 3.63) is 0 Å². The number of halogens is 2. The highest BCUT2D eigenvalue weighted by Gasteiger charge is 2.16. The number of hydrogen-bond acceptors (Lipinski definition) is 1. The third-order valence-electron chi connectivity index (χ3n) is 3.65. The third-order valence-corrected chi connectivity index (χ3v) is 4.05. The van der Waals surface area contributed by atoms with E-state index in [1.54, 1.807) is 0 Å². The summed E-state index contributed by atoms with van der Waals surface area (Å²) in [5, 5.41) is 2.97. The fourth-order valence-electron chi connectivity index (χ4n) is 2.57. The first-order valence-corrected chi connectivity index (χ1v) is 8.16. The van der Waals surface area contributed by atoms with Crippen LogP contribution in [0.4, 0.5) is 0 Å². The summed E-state index contributed by atoms with van der Waals surface area (Å²) in [6, 6.07) is 0.261. The molecule has 0 heterocycles. The lowest BCUT2D eigenvalue weighted by Crippen LogP contribution is -2.38. The van der Waals surface area contributed by atoms with E-state index in [0.29, 0.717) is 0 Å². The molecule has 0 radical (unpaired) electrons. The van der Waals surface area contributed by atoms with Crippen molar-refractivity contribution in [2.24, 2.45) is 0 Å². The Bertz CT molecular complexity index is 222. The molecule has 1 aliphatic carbocycles. The van der Waals surface area contributed by atoms with E-state index in [2.05, 4.69) is 5.32 Å². The van der Waals surface area contributed by atoms with E-state index in [9.17, 15) is 4.79 Å². The number of carbonyl (C=O) groups is 1. The van der Waals surface area contributed by atoms with Gasteiger partial charge in [-0.15, -0.1) is 0 Å². The maximum absolute atomic E-state index is 11.5. The molecule has 0 spiro atoms. The second-order valence-corrected chi connectivity index (χ2v) is 6.36. The monoisotopic (exact) mass is 293 g/mol. The largest absolute Gasteiger partial charge is 0.351 e. The van der Waals surface area contributed by atoms with Crippen LogP contribution < -0.4 is 5.32 Å². The maximum atomic E-state index is 11.5. The van der Waals surface area contributed by atoms with Gasteiger partial charge in [-0.3, -0.25) is 4.79 Å². The van der Waals surface area contributed by atoms with Crippen LogP contribution in [0.2, 0.25) is 0 Å². The molecule has 0 unspecified atom stereocenters. The standard InChI is InChI=1S/C14H25Cl2NO/c15-13(16)14(18)17-12-10-8-6-4-2-1-3-5-7-9-11-12/h12-13H,1-11H2,(H,17,18). The van der Waals surface area contributed by atoms with Crippen molar-refractivity contribution in [2.45, 2.75) is 81.5 Å². The Morgan fingerprint density at radius 1 is 0.833 bits per heavy atom. The quantitative estimate of drug-likeness (QED) is 0.742. The molecular weight excluding hydrogens is 269 g/mol. The van der Waals surface area contributed by atoms with Gasteiger partial charge >= 0.3 is 0 Å². The van der Waals surface area contributed by atoms with E-state index in [1.807, 2.05) is 0 Å². The Hall–Kier alpha value is 0.0500. The van der Waals surface area contributed by atoms with Crippen LogP contribution in [0.3, 0.4) is 0 Å². The molecule has 106 valence electrons. The van der Waals surface area contributed by atoms with Gasteiger partial charge in [0.05, 0.1) is 0 Å². The topological polar surface area (TPSA) is 29.1 Å². The minimum absolute atomic E-state index is 0.240. The predicted molar refractivity (Wildman–Crippen MR) is 78.2 cm³/mol. The van der Waals surface area contributed by atoms with Gasteiger partial charge in [0.15, 0.2) is 4.84 Å². The lowest BCUT2D eigenvalue weighted by Gasteiger charge is -2.19. The summed E-state index contributed by atoms with van der Waals surface area (Å²) in [5.41, 5.74) is 0. The fraction of sp³-hybridized carbons (Fsp3) is 0.929. The molecule has 1 amide bonds. The van der Waals surface area contributed by atoms with Crippen LogP contribution in [0.1, 0.15) is 70.6 Å². The molecule has 18 heavy (non-hydrogen) atoms. The Morgan fingerprint density at radius 2 is 1.22 bits per heavy atom. The molecule has 0 aromatic rings. The molecule has 1 rings (SSSR count). The highest BCUT2D eigenvalue weighted by atomic mass is 35.5. The van der Waals surface area contributed by atoms with E-state index < -0.39 is 4.84 Å². The normalized spacial score (nSPS) is 21.1. The number of amides is 1. The SMILES string of the molecule is O=C(NC1CCCCCCCCCCC1)C(Cl)Cl. The van der Waals surface area contributed by atoms with Crippen molar-refractivity contribution in [2.75, 3.05) is 0 Å². The van der Waals surface area contributed by atoms with Crippen molar-refractivity contribution < 1.29 is 4.79 Å². The fourth-order valence-corrected chi connectivity index (χ4v) is 2.70. The number of carbonyl (C=O) groups excluding carboxylic acids is 1. The summed E-state index contributed by atoms with van der Waals surface area (Å²) >= 11 is 11.2. The average molecular weight is 294 g/mol. The summed E-state index contributed by atoms with van der Waals surface area (Å²) in [5.74, 6) is -0.240. The van der Waals surface area contributed by atoms with Gasteiger partial charge in [0.2, 0.25) is 0 Å². The Morgan fingerprint density at radius 3 is 1.61 bits per heavy atom. The van der Waals surface area contributed by atoms with E-state index in [-0.39, 0.29) is 11.9 Å². The first-order chi connectivity index (χ1) is 8.70. The van der Waals surface area contributed by atoms with Gasteiger partial charge in [0.25, 0.3) is 5.91 Å². The van der Waals surface area contributed by atoms with Crippen LogP contribution in [0.5, 0.6) is 0 Å². The molecule has 0 saturated heterocycles. The molecule has 1 saturated carbocycles. The zero-order chi connectivity index (χ0) is 13.2. The second kappa shape index (κ2) is 9.91. The van der Waals surface area contributed by atoms with Crippen LogP contribution >= 0.6 is 23.2 Å². The first kappa shape index (κ1) is 16.1. The lowest BCUT2D eigenvalue weighted by atomic mass is 9.98. The van der Waals surface area contributed by atoms with Crippen molar-refractivity contribution in [3.63, 3.8) is 0 Å². The molecule has 2 nitrogen and oxygen atoms in total. The van der Waals surface area contributed by atoms with Gasteiger partial charge in [-0.25, -0.2) is 0 Å². The van der Waals surface area contributed by atoms with Crippen molar-refractivity contribution in [1.29, 1.82) is 0 Å². The van der Waals surface area contributed by atoms with Crippen LogP contribution in [-0.2, 0) is 4.79 Å². The van der Waals surface area contributed by atoms with Gasteiger partial charge in [-0.1, -0.05) is 81.0 Å². The van der Waals surface area contributed by atoms with Crippen LogP contribution in [0.15, 0.2) is 0 Å². The van der Waals surface area contributed by atoms with Crippen LogP contribution in [0.25, 0.3) is 0 Å². The summed E-state index contributed by atoms with van der Waals surface area (Å²) in [6.45, 7) is 0. The molecule has 1 aliphatic rings. The van der Waals surface area contributed by atoms with Crippen LogP contribution in [-0.4, -0.2) is 16.8 Å². The molecule has 0 aromatic heterocycles. The highest BCUT2D eigenvalue weighted by molar-refractivity contribution is 6.53. The second-order valence-electron chi connectivity index (χ2n) is 5.27. The predicted octanol–water partition coefficient (Wildman–Crippen LogP) is 4.58. The molecule has 0 aromatic carbocycles. The van der Waals surface area contributed by atoms with Crippen molar-refractivity contribution >= 4 is 29.1 Å². The van der Waals surface area contributed by atoms with Gasteiger partial charge < -0.3 is 5.32 Å². The summed E-state index contributed by atoms with van der Waals surface area (Å²) in [6.07, 6.45) is 13.8. The smallest absolute Gasteiger partial charge is 0.253 e. The highest BCUT2D eigenvalue weighted by Crippen LogP contribution is 2.17. The van der Waals surface area contributed by atoms with Crippen LogP contribution in [0, 0.1) is 0 Å². The molecular formula is C14H25Cl2NO. The van der Waals surface area contributed by atoms with E-state index in [4.69, 9.17) is 23.2 Å². The Balaban J connectivity index is 2.34. The number of alkyl halides is 2. The van der Waals surface area contributed by atoms with Gasteiger partial charge in [0.1, 0.15) is 0 Å². The molecule has 1 fully saturated rings. The van der Waals surface area contributed by atoms with Gasteiger partial charge in [-0.05, 0) is 12.8 Å². The number of nitrogens with one attached hydrogen (secondary N) is 1. The first-order valence-electron chi connectivity index (χ1n) is 7.28. The third kappa shape index (κ3) is 7.48. The number of hydrogen-bond donors (Lipinski definition) is 1. The minimum atomic E-state index is -0.939. The summed E-state index contributed by atoms with van der Waals surface area (Å²) < 4.78 is 0. The maximum Gasteiger partial charge on any atom is 0.253 e. The molecule has 0 atom stereocenters. The summed E-state index contributed by atoms with van der Waals surface area (Å²) in [4.78, 5) is 10.6. The minimum Gasteiger partial charge on any atom is -0.351 e.